The van der Waals surface area contributed by atoms with Gasteiger partial charge >= 0.3 is 5.97 Å². The monoisotopic (exact) mass is 341 g/mol. The maximum atomic E-state index is 14.0. The number of carbonyl (C=O) groups is 1. The van der Waals surface area contributed by atoms with Crippen molar-refractivity contribution in [3.05, 3.63) is 35.4 Å². The third-order valence-electron chi connectivity index (χ3n) is 4.57. The van der Waals surface area contributed by atoms with Crippen LogP contribution in [-0.4, -0.2) is 42.8 Å². The van der Waals surface area contributed by atoms with Crippen LogP contribution in [-0.2, 0) is 20.8 Å². The minimum Gasteiger partial charge on any atom is -0.468 e. The van der Waals surface area contributed by atoms with Gasteiger partial charge in [-0.2, -0.15) is 0 Å². The van der Waals surface area contributed by atoms with E-state index in [1.165, 1.54) is 19.2 Å². The van der Waals surface area contributed by atoms with Crippen molar-refractivity contribution in [1.82, 2.24) is 4.90 Å². The van der Waals surface area contributed by atoms with Gasteiger partial charge in [0, 0.05) is 25.3 Å². The van der Waals surface area contributed by atoms with E-state index in [-0.39, 0.29) is 18.2 Å². The first kappa shape index (κ1) is 18.8. The fourth-order valence-electron chi connectivity index (χ4n) is 3.13. The zero-order chi connectivity index (χ0) is 17.9. The zero-order valence-electron chi connectivity index (χ0n) is 14.6. The number of hydrogen-bond donors (Lipinski definition) is 0. The summed E-state index contributed by atoms with van der Waals surface area (Å²) in [5, 5.41) is 0. The Balaban J connectivity index is 2.25. The molecule has 2 unspecified atom stereocenters. The van der Waals surface area contributed by atoms with Crippen LogP contribution in [0.1, 0.15) is 32.8 Å². The van der Waals surface area contributed by atoms with Gasteiger partial charge in [0.25, 0.3) is 0 Å². The molecule has 2 atom stereocenters. The maximum Gasteiger partial charge on any atom is 0.328 e. The Morgan fingerprint density at radius 3 is 2.75 bits per heavy atom. The smallest absolute Gasteiger partial charge is 0.328 e. The Labute approximate surface area is 141 Å². The number of likely N-dealkylation sites (tertiary alicyclic amines) is 1. The molecular weight excluding hydrogens is 316 g/mol. The second-order valence-corrected chi connectivity index (χ2v) is 6.78. The molecule has 0 spiro atoms. The van der Waals surface area contributed by atoms with Gasteiger partial charge in [-0.3, -0.25) is 4.90 Å². The Bertz CT molecular complexity index is 594. The highest BCUT2D eigenvalue weighted by Gasteiger charge is 2.52. The van der Waals surface area contributed by atoms with Crippen LogP contribution in [0.3, 0.4) is 0 Å². The summed E-state index contributed by atoms with van der Waals surface area (Å²) in [6.45, 7) is 7.00. The number of ether oxygens (including phenoxy) is 2. The highest BCUT2D eigenvalue weighted by molar-refractivity contribution is 5.81. The number of halogens is 2. The van der Waals surface area contributed by atoms with Crippen molar-refractivity contribution >= 4 is 5.97 Å². The van der Waals surface area contributed by atoms with Crippen LogP contribution in [0.2, 0.25) is 0 Å². The molecule has 0 amide bonds. The van der Waals surface area contributed by atoms with Gasteiger partial charge in [0.2, 0.25) is 0 Å². The standard InChI is InChI=1S/C18H25F2NO3/c1-12(2)11-24-15-8-9-21(18(15,3)17(22)23-4)10-13-6-5-7-14(19)16(13)20/h5-7,12,15H,8-11H2,1-4H3. The fourth-order valence-corrected chi connectivity index (χ4v) is 3.13. The van der Waals surface area contributed by atoms with E-state index in [0.29, 0.717) is 25.5 Å². The lowest BCUT2D eigenvalue weighted by Crippen LogP contribution is -2.55. The Morgan fingerprint density at radius 2 is 2.12 bits per heavy atom. The first-order valence-electron chi connectivity index (χ1n) is 8.18. The molecule has 6 heteroatoms. The molecule has 0 bridgehead atoms. The van der Waals surface area contributed by atoms with E-state index in [9.17, 15) is 13.6 Å². The summed E-state index contributed by atoms with van der Waals surface area (Å²) >= 11 is 0. The molecule has 0 aliphatic carbocycles. The third-order valence-corrected chi connectivity index (χ3v) is 4.57. The lowest BCUT2D eigenvalue weighted by molar-refractivity contribution is -0.160. The zero-order valence-corrected chi connectivity index (χ0v) is 14.6. The van der Waals surface area contributed by atoms with Gasteiger partial charge in [-0.15, -0.1) is 0 Å². The van der Waals surface area contributed by atoms with Gasteiger partial charge in [0.15, 0.2) is 11.6 Å². The first-order chi connectivity index (χ1) is 11.3. The molecular formula is C18H25F2NO3. The van der Waals surface area contributed by atoms with Gasteiger partial charge < -0.3 is 9.47 Å². The normalized spacial score (nSPS) is 24.5. The lowest BCUT2D eigenvalue weighted by Gasteiger charge is -2.36. The Kier molecular flexibility index (Phi) is 5.93. The number of rotatable bonds is 6. The number of benzene rings is 1. The molecule has 1 aromatic carbocycles. The number of carbonyl (C=O) groups excluding carboxylic acids is 1. The number of nitrogens with zero attached hydrogens (tertiary/aromatic N) is 1. The van der Waals surface area contributed by atoms with Crippen molar-refractivity contribution in [3.63, 3.8) is 0 Å². The van der Waals surface area contributed by atoms with E-state index in [2.05, 4.69) is 0 Å². The molecule has 1 fully saturated rings. The third kappa shape index (κ3) is 3.59. The van der Waals surface area contributed by atoms with Gasteiger partial charge in [-0.25, -0.2) is 13.6 Å². The summed E-state index contributed by atoms with van der Waals surface area (Å²) in [6.07, 6.45) is 0.291. The first-order valence-corrected chi connectivity index (χ1v) is 8.18. The van der Waals surface area contributed by atoms with Crippen molar-refractivity contribution in [2.24, 2.45) is 5.92 Å². The summed E-state index contributed by atoms with van der Waals surface area (Å²) in [5.41, 5.74) is -0.808. The van der Waals surface area contributed by atoms with Crippen LogP contribution in [0.5, 0.6) is 0 Å². The SMILES string of the molecule is COC(=O)C1(C)C(OCC(C)C)CCN1Cc1cccc(F)c1F. The van der Waals surface area contributed by atoms with E-state index >= 15 is 0 Å². The summed E-state index contributed by atoms with van der Waals surface area (Å²) < 4.78 is 38.3. The Hall–Kier alpha value is -1.53. The molecule has 1 aromatic rings. The van der Waals surface area contributed by atoms with E-state index < -0.39 is 23.1 Å². The van der Waals surface area contributed by atoms with Crippen molar-refractivity contribution in [2.45, 2.75) is 45.4 Å². The van der Waals surface area contributed by atoms with E-state index in [1.54, 1.807) is 6.92 Å². The summed E-state index contributed by atoms with van der Waals surface area (Å²) in [6, 6.07) is 4.07. The molecule has 1 aliphatic heterocycles. The van der Waals surface area contributed by atoms with Gasteiger partial charge in [-0.05, 0) is 25.3 Å². The number of hydrogen-bond acceptors (Lipinski definition) is 4. The van der Waals surface area contributed by atoms with Crippen molar-refractivity contribution < 1.29 is 23.0 Å². The quantitative estimate of drug-likeness (QED) is 0.745. The van der Waals surface area contributed by atoms with E-state index in [1.807, 2.05) is 18.7 Å². The number of esters is 1. The van der Waals surface area contributed by atoms with Gasteiger partial charge in [0.05, 0.1) is 13.2 Å². The fraction of sp³-hybridized carbons (Fsp3) is 0.611. The van der Waals surface area contributed by atoms with E-state index in [4.69, 9.17) is 9.47 Å². The van der Waals surface area contributed by atoms with Crippen molar-refractivity contribution in [3.8, 4) is 0 Å². The maximum absolute atomic E-state index is 14.0. The van der Waals surface area contributed by atoms with Crippen LogP contribution in [0.25, 0.3) is 0 Å². The van der Waals surface area contributed by atoms with Crippen LogP contribution in [0.15, 0.2) is 18.2 Å². The molecule has 0 aromatic heterocycles. The summed E-state index contributed by atoms with van der Waals surface area (Å²) in [7, 11) is 1.33. The topological polar surface area (TPSA) is 38.8 Å². The van der Waals surface area contributed by atoms with Crippen molar-refractivity contribution in [2.75, 3.05) is 20.3 Å². The molecule has 0 radical (unpaired) electrons. The molecule has 4 nitrogen and oxygen atoms in total. The molecule has 0 N–H and O–H groups in total. The number of methoxy groups -OCH3 is 1. The predicted octanol–water partition coefficient (Wildman–Crippen LogP) is 3.14. The molecule has 24 heavy (non-hydrogen) atoms. The molecule has 1 heterocycles. The van der Waals surface area contributed by atoms with Gasteiger partial charge in [0.1, 0.15) is 5.54 Å². The molecule has 0 saturated carbocycles. The minimum absolute atomic E-state index is 0.122. The van der Waals surface area contributed by atoms with Crippen molar-refractivity contribution in [1.29, 1.82) is 0 Å². The second-order valence-electron chi connectivity index (χ2n) is 6.78. The molecule has 2 rings (SSSR count). The predicted molar refractivity (Wildman–Crippen MR) is 86.4 cm³/mol. The van der Waals surface area contributed by atoms with Crippen LogP contribution in [0.4, 0.5) is 8.78 Å². The lowest BCUT2D eigenvalue weighted by atomic mass is 9.95. The highest BCUT2D eigenvalue weighted by atomic mass is 19.2. The summed E-state index contributed by atoms with van der Waals surface area (Å²) in [4.78, 5) is 14.2. The minimum atomic E-state index is -1.03. The van der Waals surface area contributed by atoms with Crippen LogP contribution >= 0.6 is 0 Å². The van der Waals surface area contributed by atoms with E-state index in [0.717, 1.165) is 6.07 Å². The molecule has 134 valence electrons. The Morgan fingerprint density at radius 1 is 1.42 bits per heavy atom. The largest absolute Gasteiger partial charge is 0.468 e. The average molecular weight is 341 g/mol. The average Bonchev–Trinajstić information content (AvgIpc) is 2.86. The second kappa shape index (κ2) is 7.57. The van der Waals surface area contributed by atoms with Crippen LogP contribution in [0, 0.1) is 17.6 Å². The molecule has 1 saturated heterocycles. The van der Waals surface area contributed by atoms with Crippen LogP contribution < -0.4 is 0 Å². The highest BCUT2D eigenvalue weighted by Crippen LogP contribution is 2.35. The molecule has 1 aliphatic rings. The summed E-state index contributed by atoms with van der Waals surface area (Å²) in [5.74, 6) is -1.86. The van der Waals surface area contributed by atoms with Gasteiger partial charge in [-0.1, -0.05) is 26.0 Å².